The Hall–Kier alpha value is -1.07. The fraction of sp³-hybridized carbons (Fsp3) is 0.600. The summed E-state index contributed by atoms with van der Waals surface area (Å²) >= 11 is 0. The van der Waals surface area contributed by atoms with Crippen LogP contribution in [-0.2, 0) is 4.74 Å². The van der Waals surface area contributed by atoms with Gasteiger partial charge in [-0.05, 0) is 49.4 Å². The summed E-state index contributed by atoms with van der Waals surface area (Å²) in [6, 6.07) is 2.03. The maximum atomic E-state index is 13.4. The van der Waals surface area contributed by atoms with E-state index in [1.165, 1.54) is 0 Å². The molecule has 0 saturated carbocycles. The molecule has 1 aliphatic heterocycles. The molecule has 0 aromatic heterocycles. The fourth-order valence-corrected chi connectivity index (χ4v) is 2.66. The quantitative estimate of drug-likeness (QED) is 0.836. The second-order valence-corrected chi connectivity index (χ2v) is 5.18. The number of halogens is 3. The Balaban J connectivity index is 2.25. The van der Waals surface area contributed by atoms with E-state index in [2.05, 4.69) is 5.32 Å². The third-order valence-corrected chi connectivity index (χ3v) is 3.72. The summed E-state index contributed by atoms with van der Waals surface area (Å²) in [7, 11) is 0. The van der Waals surface area contributed by atoms with E-state index in [-0.39, 0.29) is 12.0 Å². The van der Waals surface area contributed by atoms with E-state index in [1.54, 1.807) is 0 Å². The molecule has 2 rings (SSSR count). The summed E-state index contributed by atoms with van der Waals surface area (Å²) < 4.78 is 45.2. The normalized spacial score (nSPS) is 18.2. The Morgan fingerprint density at radius 3 is 2.35 bits per heavy atom. The van der Waals surface area contributed by atoms with Crippen molar-refractivity contribution in [1.29, 1.82) is 0 Å². The van der Waals surface area contributed by atoms with Gasteiger partial charge in [-0.2, -0.15) is 0 Å². The van der Waals surface area contributed by atoms with Gasteiger partial charge in [-0.3, -0.25) is 0 Å². The van der Waals surface area contributed by atoms with Crippen LogP contribution >= 0.6 is 0 Å². The van der Waals surface area contributed by atoms with Crippen LogP contribution in [0.5, 0.6) is 0 Å². The molecule has 1 unspecified atom stereocenters. The lowest BCUT2D eigenvalue weighted by Crippen LogP contribution is -2.32. The molecule has 1 aromatic carbocycles. The first-order valence-corrected chi connectivity index (χ1v) is 7.09. The van der Waals surface area contributed by atoms with Gasteiger partial charge >= 0.3 is 0 Å². The van der Waals surface area contributed by atoms with Crippen LogP contribution in [0.15, 0.2) is 12.1 Å². The molecular weight excluding hydrogens is 267 g/mol. The van der Waals surface area contributed by atoms with Crippen LogP contribution < -0.4 is 5.32 Å². The molecule has 0 spiro atoms. The molecule has 1 aromatic rings. The van der Waals surface area contributed by atoms with Crippen LogP contribution in [0.1, 0.15) is 37.8 Å². The van der Waals surface area contributed by atoms with E-state index < -0.39 is 17.5 Å². The van der Waals surface area contributed by atoms with Gasteiger partial charge in [-0.15, -0.1) is 0 Å². The van der Waals surface area contributed by atoms with E-state index in [0.717, 1.165) is 37.9 Å². The van der Waals surface area contributed by atoms with Crippen LogP contribution in [0.2, 0.25) is 0 Å². The molecule has 0 amide bonds. The molecule has 1 heterocycles. The zero-order valence-electron chi connectivity index (χ0n) is 11.6. The third-order valence-electron chi connectivity index (χ3n) is 3.72. The number of rotatable bonds is 5. The maximum absolute atomic E-state index is 13.4. The summed E-state index contributed by atoms with van der Waals surface area (Å²) in [6.07, 6.45) is 2.59. The van der Waals surface area contributed by atoms with Gasteiger partial charge in [0.15, 0.2) is 17.5 Å². The van der Waals surface area contributed by atoms with Crippen molar-refractivity contribution in [2.45, 2.75) is 32.2 Å². The molecule has 1 saturated heterocycles. The van der Waals surface area contributed by atoms with Crippen molar-refractivity contribution >= 4 is 0 Å². The molecule has 112 valence electrons. The number of ether oxygens (including phenoxy) is 1. The topological polar surface area (TPSA) is 21.3 Å². The minimum atomic E-state index is -1.41. The fourth-order valence-electron chi connectivity index (χ4n) is 2.66. The van der Waals surface area contributed by atoms with Crippen molar-refractivity contribution in [3.8, 4) is 0 Å². The highest BCUT2D eigenvalue weighted by molar-refractivity contribution is 5.23. The number of hydrogen-bond donors (Lipinski definition) is 1. The Morgan fingerprint density at radius 1 is 1.20 bits per heavy atom. The van der Waals surface area contributed by atoms with Gasteiger partial charge in [0.2, 0.25) is 0 Å². The monoisotopic (exact) mass is 287 g/mol. The van der Waals surface area contributed by atoms with Crippen LogP contribution in [0, 0.1) is 23.4 Å². The Bertz CT molecular complexity index is 424. The lowest BCUT2D eigenvalue weighted by Gasteiger charge is -2.31. The molecule has 1 atom stereocenters. The van der Waals surface area contributed by atoms with E-state index >= 15 is 0 Å². The van der Waals surface area contributed by atoms with Crippen molar-refractivity contribution in [1.82, 2.24) is 5.32 Å². The highest BCUT2D eigenvalue weighted by Crippen LogP contribution is 2.31. The number of benzene rings is 1. The largest absolute Gasteiger partial charge is 0.381 e. The zero-order valence-corrected chi connectivity index (χ0v) is 11.6. The average Bonchev–Trinajstić information content (AvgIpc) is 2.46. The van der Waals surface area contributed by atoms with Gasteiger partial charge in [0.1, 0.15) is 0 Å². The molecule has 1 N–H and O–H groups in total. The number of hydrogen-bond acceptors (Lipinski definition) is 2. The zero-order chi connectivity index (χ0) is 14.5. The molecule has 0 bridgehead atoms. The first kappa shape index (κ1) is 15.3. The highest BCUT2D eigenvalue weighted by Gasteiger charge is 2.26. The van der Waals surface area contributed by atoms with Gasteiger partial charge < -0.3 is 10.1 Å². The van der Waals surface area contributed by atoms with E-state index in [4.69, 9.17) is 4.74 Å². The van der Waals surface area contributed by atoms with Gasteiger partial charge in [0, 0.05) is 19.3 Å². The van der Waals surface area contributed by atoms with Crippen molar-refractivity contribution < 1.29 is 17.9 Å². The van der Waals surface area contributed by atoms with Gasteiger partial charge in [-0.1, -0.05) is 6.92 Å². The lowest BCUT2D eigenvalue weighted by molar-refractivity contribution is 0.0535. The molecule has 20 heavy (non-hydrogen) atoms. The van der Waals surface area contributed by atoms with E-state index in [9.17, 15) is 13.2 Å². The Morgan fingerprint density at radius 2 is 1.80 bits per heavy atom. The first-order valence-electron chi connectivity index (χ1n) is 7.09. The average molecular weight is 287 g/mol. The summed E-state index contributed by atoms with van der Waals surface area (Å²) in [5.74, 6) is -3.42. The SMILES string of the molecule is CCCNC(c1cc(F)c(F)c(F)c1)C1CCOCC1. The Labute approximate surface area is 117 Å². The summed E-state index contributed by atoms with van der Waals surface area (Å²) in [5.41, 5.74) is 0.474. The van der Waals surface area contributed by atoms with Gasteiger partial charge in [0.25, 0.3) is 0 Å². The van der Waals surface area contributed by atoms with Gasteiger partial charge in [-0.25, -0.2) is 13.2 Å². The highest BCUT2D eigenvalue weighted by atomic mass is 19.2. The Kier molecular flexibility index (Phi) is 5.43. The van der Waals surface area contributed by atoms with Crippen molar-refractivity contribution in [3.63, 3.8) is 0 Å². The second-order valence-electron chi connectivity index (χ2n) is 5.18. The molecule has 5 heteroatoms. The maximum Gasteiger partial charge on any atom is 0.194 e. The summed E-state index contributed by atoms with van der Waals surface area (Å²) in [4.78, 5) is 0. The standard InChI is InChI=1S/C15H20F3NO/c1-2-5-19-15(10-3-6-20-7-4-10)11-8-12(16)14(18)13(17)9-11/h8-10,15,19H,2-7H2,1H3. The smallest absolute Gasteiger partial charge is 0.194 e. The molecule has 0 radical (unpaired) electrons. The predicted molar refractivity (Wildman–Crippen MR) is 70.9 cm³/mol. The minimum Gasteiger partial charge on any atom is -0.381 e. The molecule has 1 aliphatic rings. The van der Waals surface area contributed by atoms with Crippen molar-refractivity contribution in [2.75, 3.05) is 19.8 Å². The van der Waals surface area contributed by atoms with Crippen molar-refractivity contribution in [3.05, 3.63) is 35.1 Å². The van der Waals surface area contributed by atoms with Crippen LogP contribution in [0.25, 0.3) is 0 Å². The second kappa shape index (κ2) is 7.09. The molecule has 1 fully saturated rings. The van der Waals surface area contributed by atoms with E-state index in [0.29, 0.717) is 18.8 Å². The van der Waals surface area contributed by atoms with E-state index in [1.807, 2.05) is 6.92 Å². The first-order chi connectivity index (χ1) is 9.63. The molecule has 2 nitrogen and oxygen atoms in total. The van der Waals surface area contributed by atoms with Gasteiger partial charge in [0.05, 0.1) is 0 Å². The van der Waals surface area contributed by atoms with Crippen molar-refractivity contribution in [2.24, 2.45) is 5.92 Å². The summed E-state index contributed by atoms with van der Waals surface area (Å²) in [5, 5.41) is 3.32. The van der Waals surface area contributed by atoms with Crippen LogP contribution in [0.3, 0.4) is 0 Å². The summed E-state index contributed by atoms with van der Waals surface area (Å²) in [6.45, 7) is 4.09. The molecule has 0 aliphatic carbocycles. The van der Waals surface area contributed by atoms with Crippen LogP contribution in [0.4, 0.5) is 13.2 Å². The molecular formula is C15H20F3NO. The lowest BCUT2D eigenvalue weighted by atomic mass is 9.87. The minimum absolute atomic E-state index is 0.163. The third kappa shape index (κ3) is 3.52. The number of nitrogens with one attached hydrogen (secondary N) is 1. The predicted octanol–water partition coefficient (Wildman–Crippen LogP) is 3.57. The van der Waals surface area contributed by atoms with Crippen LogP contribution in [-0.4, -0.2) is 19.8 Å².